The van der Waals surface area contributed by atoms with Gasteiger partial charge in [-0.25, -0.2) is 0 Å². The molecule has 0 radical (unpaired) electrons. The van der Waals surface area contributed by atoms with Crippen LogP contribution in [0.5, 0.6) is 5.75 Å². The monoisotopic (exact) mass is 223 g/mol. The van der Waals surface area contributed by atoms with Gasteiger partial charge in [-0.3, -0.25) is 0 Å². The molecule has 1 atom stereocenters. The Kier molecular flexibility index (Phi) is 5.90. The van der Waals surface area contributed by atoms with E-state index in [0.29, 0.717) is 6.61 Å². The first-order valence-electron chi connectivity index (χ1n) is 5.71. The van der Waals surface area contributed by atoms with E-state index in [-0.39, 0.29) is 6.10 Å². The van der Waals surface area contributed by atoms with Crippen molar-refractivity contribution < 1.29 is 9.47 Å². The average molecular weight is 223 g/mol. The van der Waals surface area contributed by atoms with Crippen LogP contribution >= 0.6 is 0 Å². The third-order valence-electron chi connectivity index (χ3n) is 2.22. The summed E-state index contributed by atoms with van der Waals surface area (Å²) >= 11 is 0. The molecule has 0 aliphatic heterocycles. The predicted octanol–water partition coefficient (Wildman–Crippen LogP) is 2.21. The zero-order chi connectivity index (χ0) is 11.8. The van der Waals surface area contributed by atoms with Crippen LogP contribution in [0.3, 0.4) is 0 Å². The third-order valence-corrected chi connectivity index (χ3v) is 2.22. The second-order valence-electron chi connectivity index (χ2n) is 3.81. The molecule has 0 aromatic heterocycles. The highest BCUT2D eigenvalue weighted by molar-refractivity contribution is 5.28. The molecule has 16 heavy (non-hydrogen) atoms. The molecule has 1 unspecified atom stereocenters. The summed E-state index contributed by atoms with van der Waals surface area (Å²) in [6, 6.07) is 8.15. The van der Waals surface area contributed by atoms with Crippen LogP contribution in [0.4, 0.5) is 0 Å². The summed E-state index contributed by atoms with van der Waals surface area (Å²) in [7, 11) is 1.68. The van der Waals surface area contributed by atoms with Crippen LogP contribution < -0.4 is 10.1 Å². The minimum atomic E-state index is 0.0828. The fourth-order valence-corrected chi connectivity index (χ4v) is 1.50. The van der Waals surface area contributed by atoms with Crippen LogP contribution in [0.15, 0.2) is 24.3 Å². The molecule has 1 N–H and O–H groups in total. The standard InChI is InChI=1S/C13H21NO2/c1-4-14-9-12-6-5-7-13(8-12)16-11(2)10-15-3/h5-8,11,14H,4,9-10H2,1-3H3. The molecule has 3 heteroatoms. The van der Waals surface area contributed by atoms with Crippen LogP contribution in [-0.2, 0) is 11.3 Å². The second-order valence-corrected chi connectivity index (χ2v) is 3.81. The summed E-state index contributed by atoms with van der Waals surface area (Å²) < 4.78 is 10.8. The number of hydrogen-bond donors (Lipinski definition) is 1. The van der Waals surface area contributed by atoms with E-state index in [1.807, 2.05) is 19.1 Å². The third kappa shape index (κ3) is 4.64. The first-order chi connectivity index (χ1) is 7.76. The zero-order valence-corrected chi connectivity index (χ0v) is 10.3. The molecule has 1 aromatic carbocycles. The maximum absolute atomic E-state index is 5.72. The molecule has 1 rings (SSSR count). The Labute approximate surface area is 97.8 Å². The van der Waals surface area contributed by atoms with Gasteiger partial charge in [0, 0.05) is 13.7 Å². The minimum Gasteiger partial charge on any atom is -0.488 e. The molecule has 0 amide bonds. The highest BCUT2D eigenvalue weighted by Crippen LogP contribution is 2.14. The van der Waals surface area contributed by atoms with Crippen molar-refractivity contribution in [2.75, 3.05) is 20.3 Å². The average Bonchev–Trinajstić information content (AvgIpc) is 2.27. The van der Waals surface area contributed by atoms with Gasteiger partial charge >= 0.3 is 0 Å². The smallest absolute Gasteiger partial charge is 0.120 e. The van der Waals surface area contributed by atoms with Crippen molar-refractivity contribution in [2.24, 2.45) is 0 Å². The Balaban J connectivity index is 2.52. The molecule has 1 aromatic rings. The van der Waals surface area contributed by atoms with E-state index in [1.165, 1.54) is 5.56 Å². The number of nitrogens with one attached hydrogen (secondary N) is 1. The lowest BCUT2D eigenvalue weighted by Gasteiger charge is -2.14. The first-order valence-corrected chi connectivity index (χ1v) is 5.71. The van der Waals surface area contributed by atoms with Gasteiger partial charge in [-0.2, -0.15) is 0 Å². The Hall–Kier alpha value is -1.06. The molecule has 90 valence electrons. The van der Waals surface area contributed by atoms with E-state index in [1.54, 1.807) is 7.11 Å². The van der Waals surface area contributed by atoms with Gasteiger partial charge < -0.3 is 14.8 Å². The van der Waals surface area contributed by atoms with Crippen molar-refractivity contribution in [3.05, 3.63) is 29.8 Å². The summed E-state index contributed by atoms with van der Waals surface area (Å²) in [5.41, 5.74) is 1.24. The molecule has 0 heterocycles. The van der Waals surface area contributed by atoms with Crippen molar-refractivity contribution in [3.8, 4) is 5.75 Å². The summed E-state index contributed by atoms with van der Waals surface area (Å²) in [6.07, 6.45) is 0.0828. The second kappa shape index (κ2) is 7.25. The molecule has 0 fully saturated rings. The molecule has 0 saturated carbocycles. The summed E-state index contributed by atoms with van der Waals surface area (Å²) in [5.74, 6) is 0.903. The van der Waals surface area contributed by atoms with E-state index >= 15 is 0 Å². The number of methoxy groups -OCH3 is 1. The number of rotatable bonds is 7. The molecule has 0 saturated heterocycles. The predicted molar refractivity (Wildman–Crippen MR) is 65.8 cm³/mol. The lowest BCUT2D eigenvalue weighted by atomic mass is 10.2. The first kappa shape index (κ1) is 13.0. The Morgan fingerprint density at radius 3 is 2.88 bits per heavy atom. The van der Waals surface area contributed by atoms with Gasteiger partial charge in [0.1, 0.15) is 11.9 Å². The molecule has 0 aliphatic rings. The normalized spacial score (nSPS) is 12.4. The largest absolute Gasteiger partial charge is 0.488 e. The van der Waals surface area contributed by atoms with Crippen molar-refractivity contribution >= 4 is 0 Å². The Morgan fingerprint density at radius 2 is 2.19 bits per heavy atom. The van der Waals surface area contributed by atoms with Crippen molar-refractivity contribution in [3.63, 3.8) is 0 Å². The van der Waals surface area contributed by atoms with Crippen LogP contribution in [0.25, 0.3) is 0 Å². The van der Waals surface area contributed by atoms with E-state index < -0.39 is 0 Å². The van der Waals surface area contributed by atoms with Crippen LogP contribution in [0.2, 0.25) is 0 Å². The molecular formula is C13H21NO2. The van der Waals surface area contributed by atoms with Crippen molar-refractivity contribution in [2.45, 2.75) is 26.5 Å². The minimum absolute atomic E-state index is 0.0828. The Morgan fingerprint density at radius 1 is 1.38 bits per heavy atom. The Bertz CT molecular complexity index is 302. The molecule has 0 bridgehead atoms. The van der Waals surface area contributed by atoms with Gasteiger partial charge in [-0.15, -0.1) is 0 Å². The fourth-order valence-electron chi connectivity index (χ4n) is 1.50. The van der Waals surface area contributed by atoms with Gasteiger partial charge in [-0.1, -0.05) is 19.1 Å². The lowest BCUT2D eigenvalue weighted by Crippen LogP contribution is -2.18. The van der Waals surface area contributed by atoms with Crippen molar-refractivity contribution in [1.29, 1.82) is 0 Å². The van der Waals surface area contributed by atoms with Gasteiger partial charge in [-0.05, 0) is 31.2 Å². The van der Waals surface area contributed by atoms with Gasteiger partial charge in [0.05, 0.1) is 6.61 Å². The van der Waals surface area contributed by atoms with Crippen molar-refractivity contribution in [1.82, 2.24) is 5.32 Å². The van der Waals surface area contributed by atoms with E-state index in [9.17, 15) is 0 Å². The van der Waals surface area contributed by atoms with Gasteiger partial charge in [0.25, 0.3) is 0 Å². The molecular weight excluding hydrogens is 202 g/mol. The lowest BCUT2D eigenvalue weighted by molar-refractivity contribution is 0.0920. The highest BCUT2D eigenvalue weighted by Gasteiger charge is 2.03. The van der Waals surface area contributed by atoms with Crippen LogP contribution in [0, 0.1) is 0 Å². The topological polar surface area (TPSA) is 30.5 Å². The maximum atomic E-state index is 5.72. The zero-order valence-electron chi connectivity index (χ0n) is 10.3. The van der Waals surface area contributed by atoms with Gasteiger partial charge in [0.15, 0.2) is 0 Å². The molecule has 0 aliphatic carbocycles. The number of hydrogen-bond acceptors (Lipinski definition) is 3. The number of ether oxygens (including phenoxy) is 2. The molecule has 0 spiro atoms. The van der Waals surface area contributed by atoms with Crippen LogP contribution in [0.1, 0.15) is 19.4 Å². The van der Waals surface area contributed by atoms with E-state index in [0.717, 1.165) is 18.8 Å². The summed E-state index contributed by atoms with van der Waals surface area (Å²) in [5, 5.41) is 3.29. The van der Waals surface area contributed by atoms with E-state index in [4.69, 9.17) is 9.47 Å². The van der Waals surface area contributed by atoms with Gasteiger partial charge in [0.2, 0.25) is 0 Å². The highest BCUT2D eigenvalue weighted by atomic mass is 16.5. The number of benzene rings is 1. The molecule has 3 nitrogen and oxygen atoms in total. The van der Waals surface area contributed by atoms with Crippen LogP contribution in [-0.4, -0.2) is 26.4 Å². The quantitative estimate of drug-likeness (QED) is 0.768. The maximum Gasteiger partial charge on any atom is 0.120 e. The SMILES string of the molecule is CCNCc1cccc(OC(C)COC)c1. The summed E-state index contributed by atoms with van der Waals surface area (Å²) in [6.45, 7) is 6.57. The fraction of sp³-hybridized carbons (Fsp3) is 0.538. The summed E-state index contributed by atoms with van der Waals surface area (Å²) in [4.78, 5) is 0. The van der Waals surface area contributed by atoms with E-state index in [2.05, 4.69) is 24.4 Å².